The number of carbonyl (C=O) groups is 2. The van der Waals surface area contributed by atoms with Crippen molar-refractivity contribution < 1.29 is 9.59 Å². The fourth-order valence-corrected chi connectivity index (χ4v) is 2.90. The Balaban J connectivity index is 2.11. The van der Waals surface area contributed by atoms with E-state index in [9.17, 15) is 9.59 Å². The molecule has 1 saturated carbocycles. The minimum atomic E-state index is -0.633. The van der Waals surface area contributed by atoms with E-state index in [2.05, 4.69) is 11.2 Å². The second-order valence-electron chi connectivity index (χ2n) is 5.19. The third-order valence-electron chi connectivity index (χ3n) is 3.93. The normalized spacial score (nSPS) is 23.4. The highest BCUT2D eigenvalue weighted by atomic mass is 16.2. The molecule has 1 aliphatic carbocycles. The minimum absolute atomic E-state index is 0.0651. The molecule has 0 aromatic carbocycles. The Morgan fingerprint density at radius 2 is 1.78 bits per heavy atom. The number of rotatable bonds is 2. The number of hydrogen-bond donors (Lipinski definition) is 1. The molecule has 0 atom stereocenters. The zero-order valence-electron chi connectivity index (χ0n) is 10.7. The lowest BCUT2D eigenvalue weighted by Crippen LogP contribution is -2.47. The quantitative estimate of drug-likeness (QED) is 0.600. The summed E-state index contributed by atoms with van der Waals surface area (Å²) in [5.41, 5.74) is -0.633. The molecule has 0 radical (unpaired) electrons. The SMILES string of the molecule is C#CCCN1C(=O)NC2(CCCCCCC2)C1=O. The summed E-state index contributed by atoms with van der Waals surface area (Å²) in [5, 5.41) is 2.91. The molecule has 2 fully saturated rings. The predicted molar refractivity (Wildman–Crippen MR) is 68.7 cm³/mol. The number of nitrogens with zero attached hydrogens (tertiary/aromatic N) is 1. The van der Waals surface area contributed by atoms with Crippen molar-refractivity contribution in [3.63, 3.8) is 0 Å². The summed E-state index contributed by atoms with van der Waals surface area (Å²) in [6.07, 6.45) is 12.7. The van der Waals surface area contributed by atoms with Gasteiger partial charge in [-0.1, -0.05) is 32.1 Å². The predicted octanol–water partition coefficient (Wildman–Crippen LogP) is 2.04. The summed E-state index contributed by atoms with van der Waals surface area (Å²) in [6.45, 7) is 0.336. The van der Waals surface area contributed by atoms with Crippen LogP contribution < -0.4 is 5.32 Å². The third-order valence-corrected chi connectivity index (χ3v) is 3.93. The summed E-state index contributed by atoms with van der Waals surface area (Å²) in [4.78, 5) is 25.6. The van der Waals surface area contributed by atoms with Crippen molar-refractivity contribution in [1.29, 1.82) is 0 Å². The zero-order chi connectivity index (χ0) is 13.0. The van der Waals surface area contributed by atoms with Crippen molar-refractivity contribution in [2.75, 3.05) is 6.54 Å². The summed E-state index contributed by atoms with van der Waals surface area (Å²) in [7, 11) is 0. The van der Waals surface area contributed by atoms with Crippen LogP contribution in [0.4, 0.5) is 4.79 Å². The zero-order valence-corrected chi connectivity index (χ0v) is 10.7. The molecule has 2 aliphatic rings. The number of imide groups is 1. The fraction of sp³-hybridized carbons (Fsp3) is 0.714. The Hall–Kier alpha value is -1.50. The van der Waals surface area contributed by atoms with Crippen LogP contribution in [0.15, 0.2) is 0 Å². The van der Waals surface area contributed by atoms with Crippen LogP contribution >= 0.6 is 0 Å². The molecule has 4 heteroatoms. The van der Waals surface area contributed by atoms with Crippen LogP contribution in [-0.4, -0.2) is 28.9 Å². The van der Waals surface area contributed by atoms with Crippen molar-refractivity contribution in [2.24, 2.45) is 0 Å². The maximum absolute atomic E-state index is 12.4. The number of nitrogens with one attached hydrogen (secondary N) is 1. The van der Waals surface area contributed by atoms with Gasteiger partial charge in [0.05, 0.1) is 0 Å². The van der Waals surface area contributed by atoms with Crippen molar-refractivity contribution in [2.45, 2.75) is 56.9 Å². The highest BCUT2D eigenvalue weighted by molar-refractivity contribution is 6.07. The second kappa shape index (κ2) is 5.43. The first-order chi connectivity index (χ1) is 8.69. The third kappa shape index (κ3) is 2.35. The molecule has 2 rings (SSSR count). The number of amides is 3. The first-order valence-corrected chi connectivity index (χ1v) is 6.77. The molecule has 3 amide bonds. The molecule has 0 bridgehead atoms. The Bertz CT molecular complexity index is 376. The van der Waals surface area contributed by atoms with Crippen molar-refractivity contribution in [1.82, 2.24) is 10.2 Å². The van der Waals surface area contributed by atoms with E-state index in [1.54, 1.807) is 0 Å². The number of carbonyl (C=O) groups excluding carboxylic acids is 2. The van der Waals surface area contributed by atoms with Crippen molar-refractivity contribution >= 4 is 11.9 Å². The lowest BCUT2D eigenvalue weighted by molar-refractivity contribution is -0.132. The van der Waals surface area contributed by atoms with Crippen molar-refractivity contribution in [3.8, 4) is 12.3 Å². The summed E-state index contributed by atoms with van der Waals surface area (Å²) < 4.78 is 0. The summed E-state index contributed by atoms with van der Waals surface area (Å²) >= 11 is 0. The average molecular weight is 248 g/mol. The lowest BCUT2D eigenvalue weighted by atomic mass is 9.84. The Morgan fingerprint density at radius 1 is 1.17 bits per heavy atom. The van der Waals surface area contributed by atoms with Gasteiger partial charge in [-0.3, -0.25) is 9.69 Å². The highest BCUT2D eigenvalue weighted by Gasteiger charge is 2.49. The summed E-state index contributed by atoms with van der Waals surface area (Å²) in [6, 6.07) is -0.268. The molecule has 98 valence electrons. The lowest BCUT2D eigenvalue weighted by Gasteiger charge is -2.28. The van der Waals surface area contributed by atoms with Crippen LogP contribution in [0.1, 0.15) is 51.4 Å². The largest absolute Gasteiger partial charge is 0.325 e. The van der Waals surface area contributed by atoms with Gasteiger partial charge in [-0.2, -0.15) is 0 Å². The van der Waals surface area contributed by atoms with Crippen LogP contribution in [0.2, 0.25) is 0 Å². The Kier molecular flexibility index (Phi) is 3.90. The first-order valence-electron chi connectivity index (χ1n) is 6.77. The molecule has 0 unspecified atom stereocenters. The molecule has 1 spiro atoms. The second-order valence-corrected chi connectivity index (χ2v) is 5.19. The smallest absolute Gasteiger partial charge is 0.323 e. The standard InChI is InChI=1S/C14H20N2O2/c1-2-3-11-16-12(17)14(15-13(16)18)9-7-5-4-6-8-10-14/h1H,3-11H2,(H,15,18). The molecule has 1 saturated heterocycles. The van der Waals surface area contributed by atoms with E-state index < -0.39 is 5.54 Å². The minimum Gasteiger partial charge on any atom is -0.323 e. The maximum atomic E-state index is 12.4. The van der Waals surface area contributed by atoms with Crippen LogP contribution in [0.3, 0.4) is 0 Å². The fourth-order valence-electron chi connectivity index (χ4n) is 2.90. The molecular weight excluding hydrogens is 228 g/mol. The molecule has 0 aromatic rings. The molecule has 1 aliphatic heterocycles. The van der Waals surface area contributed by atoms with E-state index >= 15 is 0 Å². The van der Waals surface area contributed by atoms with Crippen LogP contribution in [0, 0.1) is 12.3 Å². The molecule has 1 N–H and O–H groups in total. The van der Waals surface area contributed by atoms with Gasteiger partial charge in [-0.15, -0.1) is 12.3 Å². The van der Waals surface area contributed by atoms with E-state index in [1.807, 2.05) is 0 Å². The van der Waals surface area contributed by atoms with Crippen LogP contribution in [-0.2, 0) is 4.79 Å². The molecule has 0 aromatic heterocycles. The van der Waals surface area contributed by atoms with Gasteiger partial charge in [0.1, 0.15) is 5.54 Å². The monoisotopic (exact) mass is 248 g/mol. The Morgan fingerprint density at radius 3 is 2.39 bits per heavy atom. The number of terminal acetylenes is 1. The van der Waals surface area contributed by atoms with E-state index in [0.717, 1.165) is 38.5 Å². The van der Waals surface area contributed by atoms with Crippen molar-refractivity contribution in [3.05, 3.63) is 0 Å². The van der Waals surface area contributed by atoms with E-state index in [1.165, 1.54) is 11.3 Å². The van der Waals surface area contributed by atoms with E-state index in [4.69, 9.17) is 6.42 Å². The van der Waals surface area contributed by atoms with Gasteiger partial charge in [-0.25, -0.2) is 4.79 Å². The van der Waals surface area contributed by atoms with Crippen LogP contribution in [0.25, 0.3) is 0 Å². The van der Waals surface area contributed by atoms with Gasteiger partial charge in [0.15, 0.2) is 0 Å². The average Bonchev–Trinajstić information content (AvgIpc) is 2.55. The summed E-state index contributed by atoms with van der Waals surface area (Å²) in [5.74, 6) is 2.41. The maximum Gasteiger partial charge on any atom is 0.325 e. The Labute approximate surface area is 108 Å². The van der Waals surface area contributed by atoms with Gasteiger partial charge in [0.2, 0.25) is 0 Å². The van der Waals surface area contributed by atoms with E-state index in [0.29, 0.717) is 13.0 Å². The van der Waals surface area contributed by atoms with Crippen LogP contribution in [0.5, 0.6) is 0 Å². The molecule has 1 heterocycles. The number of urea groups is 1. The molecular formula is C14H20N2O2. The van der Waals surface area contributed by atoms with Gasteiger partial charge >= 0.3 is 6.03 Å². The number of hydrogen-bond acceptors (Lipinski definition) is 2. The van der Waals surface area contributed by atoms with Gasteiger partial charge in [-0.05, 0) is 12.8 Å². The van der Waals surface area contributed by atoms with E-state index in [-0.39, 0.29) is 11.9 Å². The van der Waals surface area contributed by atoms with Gasteiger partial charge in [0, 0.05) is 13.0 Å². The highest BCUT2D eigenvalue weighted by Crippen LogP contribution is 2.31. The first kappa shape index (κ1) is 12.9. The topological polar surface area (TPSA) is 49.4 Å². The molecule has 18 heavy (non-hydrogen) atoms. The molecule has 4 nitrogen and oxygen atoms in total. The van der Waals surface area contributed by atoms with Gasteiger partial charge < -0.3 is 5.32 Å². The van der Waals surface area contributed by atoms with Gasteiger partial charge in [0.25, 0.3) is 5.91 Å².